The number of hydrogen-bond donors (Lipinski definition) is 0. The Morgan fingerprint density at radius 2 is 0.838 bits per heavy atom. The van der Waals surface area contributed by atoms with Crippen molar-refractivity contribution in [1.82, 2.24) is 0 Å². The van der Waals surface area contributed by atoms with Crippen LogP contribution in [0, 0.1) is 0 Å². The monoisotopic (exact) mass is 478 g/mol. The molecule has 0 saturated heterocycles. The van der Waals surface area contributed by atoms with Crippen molar-refractivity contribution in [2.75, 3.05) is 38.0 Å². The first-order chi connectivity index (χ1) is 18.0. The maximum atomic E-state index is 2.42. The molecule has 2 nitrogen and oxygen atoms in total. The van der Waals surface area contributed by atoms with Gasteiger partial charge in [0.15, 0.2) is 0 Å². The van der Waals surface area contributed by atoms with Crippen molar-refractivity contribution in [3.8, 4) is 33.4 Å². The second kappa shape index (κ2) is 7.85. The van der Waals surface area contributed by atoms with Crippen LogP contribution < -0.4 is 9.80 Å². The standard InChI is InChI=1S/C35H30N2/c1-36(2)25-19-24(20-26(22-25)37(3)4)23-17-18-34-30(21-23)29-13-7-10-16-33(29)35(34)31-14-8-5-11-27(31)28-12-6-9-15-32(28)35/h5-22H,1-4H3. The Morgan fingerprint density at radius 3 is 1.32 bits per heavy atom. The molecule has 2 aliphatic carbocycles. The molecule has 2 heteroatoms. The Morgan fingerprint density at radius 1 is 0.405 bits per heavy atom. The Kier molecular flexibility index (Phi) is 4.65. The second-order valence-electron chi connectivity index (χ2n) is 10.7. The molecule has 0 atom stereocenters. The molecule has 0 fully saturated rings. The van der Waals surface area contributed by atoms with Crippen LogP contribution in [0.4, 0.5) is 11.4 Å². The van der Waals surface area contributed by atoms with E-state index in [9.17, 15) is 0 Å². The van der Waals surface area contributed by atoms with Crippen LogP contribution in [0.2, 0.25) is 0 Å². The van der Waals surface area contributed by atoms with Crippen molar-refractivity contribution < 1.29 is 0 Å². The van der Waals surface area contributed by atoms with Gasteiger partial charge in [-0.3, -0.25) is 0 Å². The van der Waals surface area contributed by atoms with Crippen LogP contribution in [0.1, 0.15) is 22.3 Å². The smallest absolute Gasteiger partial charge is 0.0725 e. The van der Waals surface area contributed by atoms with E-state index in [1.165, 1.54) is 67.0 Å². The van der Waals surface area contributed by atoms with Gasteiger partial charge in [0.25, 0.3) is 0 Å². The van der Waals surface area contributed by atoms with Crippen molar-refractivity contribution in [1.29, 1.82) is 0 Å². The molecule has 0 bridgehead atoms. The maximum Gasteiger partial charge on any atom is 0.0725 e. The molecule has 0 radical (unpaired) electrons. The highest BCUT2D eigenvalue weighted by Gasteiger charge is 2.51. The van der Waals surface area contributed by atoms with Crippen molar-refractivity contribution in [2.24, 2.45) is 0 Å². The fourth-order valence-electron chi connectivity index (χ4n) is 6.56. The van der Waals surface area contributed by atoms with E-state index in [1.807, 2.05) is 0 Å². The van der Waals surface area contributed by atoms with Gasteiger partial charge < -0.3 is 9.80 Å². The normalized spacial score (nSPS) is 13.6. The van der Waals surface area contributed by atoms with Crippen LogP contribution >= 0.6 is 0 Å². The fraction of sp³-hybridized carbons (Fsp3) is 0.143. The number of rotatable bonds is 3. The highest BCUT2D eigenvalue weighted by atomic mass is 15.1. The van der Waals surface area contributed by atoms with E-state index in [-0.39, 0.29) is 5.41 Å². The third-order valence-electron chi connectivity index (χ3n) is 8.27. The summed E-state index contributed by atoms with van der Waals surface area (Å²) in [6.45, 7) is 0. The summed E-state index contributed by atoms with van der Waals surface area (Å²) in [7, 11) is 8.43. The summed E-state index contributed by atoms with van der Waals surface area (Å²) in [6, 6.07) is 40.9. The number of hydrogen-bond acceptors (Lipinski definition) is 2. The van der Waals surface area contributed by atoms with E-state index in [0.29, 0.717) is 0 Å². The number of nitrogens with zero attached hydrogens (tertiary/aromatic N) is 2. The molecule has 0 unspecified atom stereocenters. The van der Waals surface area contributed by atoms with E-state index < -0.39 is 0 Å². The zero-order valence-corrected chi connectivity index (χ0v) is 21.8. The highest BCUT2D eigenvalue weighted by molar-refractivity contribution is 5.96. The van der Waals surface area contributed by atoms with E-state index in [2.05, 4.69) is 147 Å². The van der Waals surface area contributed by atoms with Gasteiger partial charge in [0.2, 0.25) is 0 Å². The molecule has 0 aromatic heterocycles. The van der Waals surface area contributed by atoms with Gasteiger partial charge in [0.05, 0.1) is 5.41 Å². The molecule has 37 heavy (non-hydrogen) atoms. The zero-order chi connectivity index (χ0) is 25.3. The lowest BCUT2D eigenvalue weighted by Gasteiger charge is -2.30. The Labute approximate surface area is 219 Å². The largest absolute Gasteiger partial charge is 0.378 e. The lowest BCUT2D eigenvalue weighted by atomic mass is 9.70. The fourth-order valence-corrected chi connectivity index (χ4v) is 6.56. The minimum atomic E-state index is -0.280. The molecule has 0 aliphatic heterocycles. The number of anilines is 2. The molecule has 5 aromatic rings. The molecule has 1 spiro atoms. The van der Waals surface area contributed by atoms with Gasteiger partial charge in [-0.1, -0.05) is 84.9 Å². The Bertz CT molecular complexity index is 1620. The Balaban J connectivity index is 1.52. The third-order valence-corrected chi connectivity index (χ3v) is 8.27. The van der Waals surface area contributed by atoms with Crippen LogP contribution in [0.25, 0.3) is 33.4 Å². The molecule has 180 valence electrons. The van der Waals surface area contributed by atoms with Crippen LogP contribution in [-0.4, -0.2) is 28.2 Å². The van der Waals surface area contributed by atoms with Crippen molar-refractivity contribution in [3.63, 3.8) is 0 Å². The van der Waals surface area contributed by atoms with Gasteiger partial charge in [-0.05, 0) is 79.9 Å². The molecule has 0 N–H and O–H groups in total. The third kappa shape index (κ3) is 2.93. The van der Waals surface area contributed by atoms with Gasteiger partial charge in [0, 0.05) is 39.6 Å². The quantitative estimate of drug-likeness (QED) is 0.255. The first-order valence-electron chi connectivity index (χ1n) is 12.9. The second-order valence-corrected chi connectivity index (χ2v) is 10.7. The van der Waals surface area contributed by atoms with Crippen LogP contribution in [0.15, 0.2) is 109 Å². The average Bonchev–Trinajstić information content (AvgIpc) is 3.40. The van der Waals surface area contributed by atoms with Crippen molar-refractivity contribution >= 4 is 11.4 Å². The molecule has 7 rings (SSSR count). The molecule has 0 heterocycles. The minimum absolute atomic E-state index is 0.280. The number of fused-ring (bicyclic) bond motifs is 10. The average molecular weight is 479 g/mol. The maximum absolute atomic E-state index is 2.42. The predicted octanol–water partition coefficient (Wildman–Crippen LogP) is 7.83. The summed E-state index contributed by atoms with van der Waals surface area (Å²) in [5.41, 5.74) is 15.5. The number of benzene rings is 5. The SMILES string of the molecule is CN(C)c1cc(-c2ccc3c(c2)-c2ccccc2C32c3ccccc3-c3ccccc32)cc(N(C)C)c1. The summed E-state index contributed by atoms with van der Waals surface area (Å²) in [6.07, 6.45) is 0. The minimum Gasteiger partial charge on any atom is -0.378 e. The van der Waals surface area contributed by atoms with E-state index in [0.717, 1.165) is 0 Å². The Hall–Kier alpha value is -4.30. The summed E-state index contributed by atoms with van der Waals surface area (Å²) >= 11 is 0. The zero-order valence-electron chi connectivity index (χ0n) is 21.8. The van der Waals surface area contributed by atoms with Gasteiger partial charge >= 0.3 is 0 Å². The van der Waals surface area contributed by atoms with Gasteiger partial charge in [-0.2, -0.15) is 0 Å². The van der Waals surface area contributed by atoms with Gasteiger partial charge in [-0.25, -0.2) is 0 Å². The summed E-state index contributed by atoms with van der Waals surface area (Å²) in [5, 5.41) is 0. The predicted molar refractivity (Wildman–Crippen MR) is 157 cm³/mol. The summed E-state index contributed by atoms with van der Waals surface area (Å²) in [4.78, 5) is 4.36. The lowest BCUT2D eigenvalue weighted by molar-refractivity contribution is 0.794. The summed E-state index contributed by atoms with van der Waals surface area (Å²) < 4.78 is 0. The first kappa shape index (κ1) is 21.9. The van der Waals surface area contributed by atoms with Crippen LogP contribution in [0.5, 0.6) is 0 Å². The molecule has 0 amide bonds. The van der Waals surface area contributed by atoms with Crippen LogP contribution in [-0.2, 0) is 5.41 Å². The first-order valence-corrected chi connectivity index (χ1v) is 12.9. The lowest BCUT2D eigenvalue weighted by Crippen LogP contribution is -2.25. The molecule has 5 aromatic carbocycles. The van der Waals surface area contributed by atoms with Crippen LogP contribution in [0.3, 0.4) is 0 Å². The van der Waals surface area contributed by atoms with Gasteiger partial charge in [0.1, 0.15) is 0 Å². The van der Waals surface area contributed by atoms with Gasteiger partial charge in [-0.15, -0.1) is 0 Å². The molecule has 0 saturated carbocycles. The topological polar surface area (TPSA) is 6.48 Å². The molecular weight excluding hydrogens is 448 g/mol. The van der Waals surface area contributed by atoms with E-state index in [4.69, 9.17) is 0 Å². The highest BCUT2D eigenvalue weighted by Crippen LogP contribution is 2.62. The molecule has 2 aliphatic rings. The molecular formula is C35H30N2. The van der Waals surface area contributed by atoms with Crippen molar-refractivity contribution in [3.05, 3.63) is 131 Å². The summed E-state index contributed by atoms with van der Waals surface area (Å²) in [5.74, 6) is 0. The van der Waals surface area contributed by atoms with Crippen molar-refractivity contribution in [2.45, 2.75) is 5.41 Å². The van der Waals surface area contributed by atoms with E-state index >= 15 is 0 Å². The van der Waals surface area contributed by atoms with E-state index in [1.54, 1.807) is 0 Å².